The maximum atomic E-state index is 13.0. The summed E-state index contributed by atoms with van der Waals surface area (Å²) in [5.74, 6) is -2.18. The van der Waals surface area contributed by atoms with Gasteiger partial charge in [0, 0.05) is 13.0 Å². The number of hydrogen-bond donors (Lipinski definition) is 2. The zero-order valence-corrected chi connectivity index (χ0v) is 14.9. The first kappa shape index (κ1) is 19.7. The van der Waals surface area contributed by atoms with Crippen LogP contribution in [-0.2, 0) is 16.0 Å². The summed E-state index contributed by atoms with van der Waals surface area (Å²) in [6, 6.07) is 10.5. The fourth-order valence-corrected chi connectivity index (χ4v) is 2.75. The highest BCUT2D eigenvalue weighted by atomic mass is 35.5. The van der Waals surface area contributed by atoms with Crippen molar-refractivity contribution in [2.75, 3.05) is 13.7 Å². The molecule has 5 nitrogen and oxygen atoms in total. The Morgan fingerprint density at radius 3 is 2.50 bits per heavy atom. The monoisotopic (exact) mass is 379 g/mol. The number of carbonyl (C=O) groups is 2. The van der Waals surface area contributed by atoms with E-state index in [0.717, 1.165) is 5.56 Å². The number of carboxylic acid groups (broad SMARTS) is 1. The molecular weight excluding hydrogens is 361 g/mol. The zero-order chi connectivity index (χ0) is 19.1. The van der Waals surface area contributed by atoms with Gasteiger partial charge >= 0.3 is 5.97 Å². The summed E-state index contributed by atoms with van der Waals surface area (Å²) in [7, 11) is 1.52. The first-order valence-corrected chi connectivity index (χ1v) is 8.36. The number of nitrogens with one attached hydrogen (secondary N) is 1. The molecule has 2 N–H and O–H groups in total. The Hall–Kier alpha value is -2.60. The molecule has 26 heavy (non-hydrogen) atoms. The predicted molar refractivity (Wildman–Crippen MR) is 96.1 cm³/mol. The lowest BCUT2D eigenvalue weighted by atomic mass is 9.99. The number of methoxy groups -OCH3 is 1. The topological polar surface area (TPSA) is 75.6 Å². The number of amides is 1. The molecule has 0 fully saturated rings. The molecule has 1 atom stereocenters. The zero-order valence-electron chi connectivity index (χ0n) is 14.2. The van der Waals surface area contributed by atoms with Crippen molar-refractivity contribution in [3.8, 4) is 5.75 Å². The van der Waals surface area contributed by atoms with Gasteiger partial charge in [0.15, 0.2) is 0 Å². The molecule has 0 aliphatic rings. The molecule has 0 aliphatic carbocycles. The predicted octanol–water partition coefficient (Wildman–Crippen LogP) is 3.40. The van der Waals surface area contributed by atoms with Crippen molar-refractivity contribution in [1.29, 1.82) is 0 Å². The third-order valence-corrected chi connectivity index (χ3v) is 4.23. The number of benzene rings is 2. The van der Waals surface area contributed by atoms with Crippen molar-refractivity contribution in [3.05, 3.63) is 64.4 Å². The van der Waals surface area contributed by atoms with E-state index in [-0.39, 0.29) is 18.9 Å². The van der Waals surface area contributed by atoms with E-state index in [1.165, 1.54) is 31.4 Å². The molecule has 1 amide bonds. The minimum Gasteiger partial charge on any atom is -0.495 e. The fourth-order valence-electron chi connectivity index (χ4n) is 2.47. The molecule has 7 heteroatoms. The Kier molecular flexibility index (Phi) is 6.97. The summed E-state index contributed by atoms with van der Waals surface area (Å²) in [6.45, 7) is -0.0663. The van der Waals surface area contributed by atoms with Gasteiger partial charge in [-0.15, -0.1) is 0 Å². The van der Waals surface area contributed by atoms with Gasteiger partial charge < -0.3 is 15.2 Å². The second kappa shape index (κ2) is 9.20. The number of aliphatic carboxylic acids is 1. The van der Waals surface area contributed by atoms with Crippen LogP contribution < -0.4 is 10.1 Å². The molecule has 0 aromatic heterocycles. The van der Waals surface area contributed by atoms with Gasteiger partial charge in [-0.05, 0) is 41.8 Å². The average Bonchev–Trinajstić information content (AvgIpc) is 2.61. The van der Waals surface area contributed by atoms with Crippen molar-refractivity contribution >= 4 is 23.5 Å². The van der Waals surface area contributed by atoms with E-state index in [4.69, 9.17) is 16.3 Å². The molecule has 138 valence electrons. The van der Waals surface area contributed by atoms with Gasteiger partial charge in [-0.2, -0.15) is 0 Å². The highest BCUT2D eigenvalue weighted by molar-refractivity contribution is 6.32. The van der Waals surface area contributed by atoms with E-state index in [1.807, 2.05) is 6.07 Å². The minimum atomic E-state index is -1.08. The lowest BCUT2D eigenvalue weighted by Crippen LogP contribution is -2.31. The summed E-state index contributed by atoms with van der Waals surface area (Å²) < 4.78 is 18.0. The molecule has 0 radical (unpaired) electrons. The Bertz CT molecular complexity index is 780. The first-order chi connectivity index (χ1) is 12.4. The second-order valence-electron chi connectivity index (χ2n) is 5.72. The van der Waals surface area contributed by atoms with Gasteiger partial charge in [0.1, 0.15) is 11.6 Å². The van der Waals surface area contributed by atoms with E-state index in [0.29, 0.717) is 22.8 Å². The van der Waals surface area contributed by atoms with E-state index < -0.39 is 17.7 Å². The summed E-state index contributed by atoms with van der Waals surface area (Å²) in [5.41, 5.74) is 1.31. The van der Waals surface area contributed by atoms with Crippen molar-refractivity contribution in [1.82, 2.24) is 5.32 Å². The number of carboxylic acids is 1. The Balaban J connectivity index is 1.89. The third kappa shape index (κ3) is 5.46. The van der Waals surface area contributed by atoms with Gasteiger partial charge in [0.05, 0.1) is 18.1 Å². The van der Waals surface area contributed by atoms with Gasteiger partial charge in [-0.25, -0.2) is 4.39 Å². The van der Waals surface area contributed by atoms with Crippen LogP contribution in [0, 0.1) is 5.82 Å². The van der Waals surface area contributed by atoms with Gasteiger partial charge in [0.25, 0.3) is 0 Å². The molecule has 1 unspecified atom stereocenters. The maximum Gasteiger partial charge on any atom is 0.312 e. The molecule has 0 aliphatic heterocycles. The summed E-state index contributed by atoms with van der Waals surface area (Å²) in [4.78, 5) is 23.4. The molecule has 0 saturated carbocycles. The van der Waals surface area contributed by atoms with Crippen LogP contribution in [0.15, 0.2) is 42.5 Å². The number of halogens is 2. The van der Waals surface area contributed by atoms with Crippen LogP contribution in [0.4, 0.5) is 4.39 Å². The fraction of sp³-hybridized carbons (Fsp3) is 0.263. The minimum absolute atomic E-state index is 0.0663. The Morgan fingerprint density at radius 1 is 1.23 bits per heavy atom. The highest BCUT2D eigenvalue weighted by Gasteiger charge is 2.20. The average molecular weight is 380 g/mol. The smallest absolute Gasteiger partial charge is 0.312 e. The third-order valence-electron chi connectivity index (χ3n) is 3.93. The Morgan fingerprint density at radius 2 is 1.92 bits per heavy atom. The van der Waals surface area contributed by atoms with E-state index in [9.17, 15) is 19.1 Å². The summed E-state index contributed by atoms with van der Waals surface area (Å²) in [5, 5.41) is 12.4. The molecule has 2 aromatic carbocycles. The molecule has 2 rings (SSSR count). The van der Waals surface area contributed by atoms with Crippen LogP contribution in [0.25, 0.3) is 0 Å². The van der Waals surface area contributed by atoms with Crippen LogP contribution in [0.2, 0.25) is 5.02 Å². The van der Waals surface area contributed by atoms with Crippen LogP contribution in [0.5, 0.6) is 5.75 Å². The largest absolute Gasteiger partial charge is 0.495 e. The van der Waals surface area contributed by atoms with Crippen LogP contribution >= 0.6 is 11.6 Å². The van der Waals surface area contributed by atoms with Crippen molar-refractivity contribution in [3.63, 3.8) is 0 Å². The first-order valence-electron chi connectivity index (χ1n) is 7.98. The normalized spacial score (nSPS) is 11.7. The Labute approximate surface area is 155 Å². The lowest BCUT2D eigenvalue weighted by Gasteiger charge is -2.14. The molecular formula is C19H19ClFNO4. The quantitative estimate of drug-likeness (QED) is 0.737. The van der Waals surface area contributed by atoms with Gasteiger partial charge in [0.2, 0.25) is 5.91 Å². The number of hydrogen-bond acceptors (Lipinski definition) is 3. The number of ether oxygens (including phenoxy) is 1. The van der Waals surface area contributed by atoms with E-state index >= 15 is 0 Å². The van der Waals surface area contributed by atoms with E-state index in [2.05, 4.69) is 5.32 Å². The second-order valence-corrected chi connectivity index (χ2v) is 6.12. The molecule has 0 heterocycles. The van der Waals surface area contributed by atoms with Gasteiger partial charge in [-0.1, -0.05) is 29.8 Å². The van der Waals surface area contributed by atoms with Crippen LogP contribution in [-0.4, -0.2) is 30.6 Å². The number of rotatable bonds is 8. The SMILES string of the molecule is COc1ccc(CCC(=O)NCC(C(=O)O)c2ccc(F)cc2)cc1Cl. The molecule has 2 aromatic rings. The lowest BCUT2D eigenvalue weighted by molar-refractivity contribution is -0.138. The number of carbonyl (C=O) groups excluding carboxylic acids is 1. The van der Waals surface area contributed by atoms with Crippen molar-refractivity contribution in [2.45, 2.75) is 18.8 Å². The molecule has 0 saturated heterocycles. The maximum absolute atomic E-state index is 13.0. The van der Waals surface area contributed by atoms with Crippen LogP contribution in [0.3, 0.4) is 0 Å². The van der Waals surface area contributed by atoms with E-state index in [1.54, 1.807) is 12.1 Å². The van der Waals surface area contributed by atoms with Crippen molar-refractivity contribution in [2.24, 2.45) is 0 Å². The van der Waals surface area contributed by atoms with Crippen LogP contribution in [0.1, 0.15) is 23.5 Å². The van der Waals surface area contributed by atoms with Gasteiger partial charge in [-0.3, -0.25) is 9.59 Å². The number of aryl methyl sites for hydroxylation is 1. The standard InChI is InChI=1S/C19H19ClFNO4/c1-26-17-8-2-12(10-16(17)20)3-9-18(23)22-11-15(19(24)25)13-4-6-14(21)7-5-13/h2,4-8,10,15H,3,9,11H2,1H3,(H,22,23)(H,24,25). The van der Waals surface area contributed by atoms with Crippen molar-refractivity contribution < 1.29 is 23.8 Å². The molecule has 0 bridgehead atoms. The summed E-state index contributed by atoms with van der Waals surface area (Å²) in [6.07, 6.45) is 0.655. The highest BCUT2D eigenvalue weighted by Crippen LogP contribution is 2.25. The molecule has 0 spiro atoms. The summed E-state index contributed by atoms with van der Waals surface area (Å²) >= 11 is 6.04.